The summed E-state index contributed by atoms with van der Waals surface area (Å²) >= 11 is 0. The minimum absolute atomic E-state index is 0.324. The van der Waals surface area contributed by atoms with Gasteiger partial charge in [-0.25, -0.2) is 0 Å². The predicted molar refractivity (Wildman–Crippen MR) is 51.0 cm³/mol. The van der Waals surface area contributed by atoms with Crippen molar-refractivity contribution in [1.29, 1.82) is 0 Å². The van der Waals surface area contributed by atoms with Gasteiger partial charge in [0.25, 0.3) is 0 Å². The van der Waals surface area contributed by atoms with Crippen LogP contribution in [0.15, 0.2) is 0 Å². The normalized spacial score (nSPS) is 31.0. The van der Waals surface area contributed by atoms with Crippen molar-refractivity contribution in [2.75, 3.05) is 13.2 Å². The molecule has 1 heterocycles. The maximum atomic E-state index is 5.50. The van der Waals surface area contributed by atoms with E-state index in [0.717, 1.165) is 25.0 Å². The summed E-state index contributed by atoms with van der Waals surface area (Å²) in [5.74, 6) is 1.65. The van der Waals surface area contributed by atoms with Crippen LogP contribution in [0.3, 0.4) is 0 Å². The molecule has 12 heavy (non-hydrogen) atoms. The first-order chi connectivity index (χ1) is 5.74. The Morgan fingerprint density at radius 3 is 2.58 bits per heavy atom. The molecule has 2 atom stereocenters. The molecule has 0 aromatic heterocycles. The molecule has 0 aromatic carbocycles. The summed E-state index contributed by atoms with van der Waals surface area (Å²) in [4.78, 5) is 0. The van der Waals surface area contributed by atoms with Gasteiger partial charge in [0.05, 0.1) is 0 Å². The van der Waals surface area contributed by atoms with E-state index in [2.05, 4.69) is 26.1 Å². The third-order valence-electron chi connectivity index (χ3n) is 2.72. The lowest BCUT2D eigenvalue weighted by molar-refractivity contribution is 0.00504. The lowest BCUT2D eigenvalue weighted by atomic mass is 9.88. The number of hydrogen-bond acceptors (Lipinski definition) is 2. The SMILES string of the molecule is CCOC1CCC(C(C)C)CN1. The molecule has 2 heteroatoms. The van der Waals surface area contributed by atoms with E-state index in [1.165, 1.54) is 12.8 Å². The van der Waals surface area contributed by atoms with E-state index in [-0.39, 0.29) is 0 Å². The number of ether oxygens (including phenoxy) is 1. The van der Waals surface area contributed by atoms with Crippen LogP contribution in [0, 0.1) is 11.8 Å². The molecular formula is C10H21NO. The summed E-state index contributed by atoms with van der Waals surface area (Å²) in [6, 6.07) is 0. The molecule has 1 saturated heterocycles. The Morgan fingerprint density at radius 1 is 1.42 bits per heavy atom. The molecule has 1 N–H and O–H groups in total. The second-order valence-corrected chi connectivity index (χ2v) is 3.93. The van der Waals surface area contributed by atoms with Crippen molar-refractivity contribution in [3.63, 3.8) is 0 Å². The van der Waals surface area contributed by atoms with E-state index < -0.39 is 0 Å². The van der Waals surface area contributed by atoms with Crippen molar-refractivity contribution in [2.24, 2.45) is 11.8 Å². The van der Waals surface area contributed by atoms with Crippen LogP contribution in [0.2, 0.25) is 0 Å². The van der Waals surface area contributed by atoms with Gasteiger partial charge in [-0.1, -0.05) is 13.8 Å². The lowest BCUT2D eigenvalue weighted by Gasteiger charge is -2.31. The summed E-state index contributed by atoms with van der Waals surface area (Å²) in [6.45, 7) is 8.60. The van der Waals surface area contributed by atoms with Crippen molar-refractivity contribution in [2.45, 2.75) is 39.8 Å². The van der Waals surface area contributed by atoms with Crippen LogP contribution in [-0.2, 0) is 4.74 Å². The summed E-state index contributed by atoms with van der Waals surface area (Å²) in [5.41, 5.74) is 0. The highest BCUT2D eigenvalue weighted by molar-refractivity contribution is 4.74. The van der Waals surface area contributed by atoms with Gasteiger partial charge in [-0.15, -0.1) is 0 Å². The molecule has 1 aliphatic rings. The molecule has 0 amide bonds. The van der Waals surface area contributed by atoms with Crippen LogP contribution >= 0.6 is 0 Å². The molecule has 0 spiro atoms. The van der Waals surface area contributed by atoms with Gasteiger partial charge >= 0.3 is 0 Å². The first kappa shape index (κ1) is 10.0. The Labute approximate surface area is 75.7 Å². The lowest BCUT2D eigenvalue weighted by Crippen LogP contribution is -2.42. The fourth-order valence-corrected chi connectivity index (χ4v) is 1.76. The Bertz CT molecular complexity index is 117. The minimum Gasteiger partial charge on any atom is -0.364 e. The van der Waals surface area contributed by atoms with E-state index >= 15 is 0 Å². The van der Waals surface area contributed by atoms with E-state index in [1.54, 1.807) is 0 Å². The second kappa shape index (κ2) is 4.83. The maximum absolute atomic E-state index is 5.50. The molecule has 2 unspecified atom stereocenters. The van der Waals surface area contributed by atoms with Crippen LogP contribution in [-0.4, -0.2) is 19.4 Å². The first-order valence-corrected chi connectivity index (χ1v) is 5.09. The van der Waals surface area contributed by atoms with E-state index in [9.17, 15) is 0 Å². The van der Waals surface area contributed by atoms with Crippen molar-refractivity contribution >= 4 is 0 Å². The average molecular weight is 171 g/mol. The zero-order valence-corrected chi connectivity index (χ0v) is 8.47. The van der Waals surface area contributed by atoms with Gasteiger partial charge in [-0.3, -0.25) is 5.32 Å². The standard InChI is InChI=1S/C10H21NO/c1-4-12-10-6-5-9(7-11-10)8(2)3/h8-11H,4-7H2,1-3H3. The Morgan fingerprint density at radius 2 is 2.17 bits per heavy atom. The molecule has 1 aliphatic heterocycles. The van der Waals surface area contributed by atoms with Crippen LogP contribution in [0.5, 0.6) is 0 Å². The largest absolute Gasteiger partial charge is 0.364 e. The molecule has 1 fully saturated rings. The molecule has 1 rings (SSSR count). The molecular weight excluding hydrogens is 150 g/mol. The van der Waals surface area contributed by atoms with E-state index in [1.807, 2.05) is 0 Å². The third-order valence-corrected chi connectivity index (χ3v) is 2.72. The summed E-state index contributed by atoms with van der Waals surface area (Å²) < 4.78 is 5.50. The molecule has 0 aromatic rings. The summed E-state index contributed by atoms with van der Waals surface area (Å²) in [6.07, 6.45) is 2.82. The van der Waals surface area contributed by atoms with Gasteiger partial charge in [-0.2, -0.15) is 0 Å². The van der Waals surface area contributed by atoms with Gasteiger partial charge in [0.15, 0.2) is 0 Å². The van der Waals surface area contributed by atoms with Gasteiger partial charge in [0.2, 0.25) is 0 Å². The van der Waals surface area contributed by atoms with Crippen molar-refractivity contribution in [3.8, 4) is 0 Å². The van der Waals surface area contributed by atoms with Gasteiger partial charge < -0.3 is 4.74 Å². The number of hydrogen-bond donors (Lipinski definition) is 1. The average Bonchev–Trinajstić information content (AvgIpc) is 2.06. The molecule has 0 bridgehead atoms. The zero-order valence-electron chi connectivity index (χ0n) is 8.47. The highest BCUT2D eigenvalue weighted by atomic mass is 16.5. The molecule has 72 valence electrons. The number of nitrogens with one attached hydrogen (secondary N) is 1. The van der Waals surface area contributed by atoms with E-state index in [0.29, 0.717) is 6.23 Å². The molecule has 2 nitrogen and oxygen atoms in total. The van der Waals surface area contributed by atoms with Gasteiger partial charge in [0.1, 0.15) is 6.23 Å². The van der Waals surface area contributed by atoms with Crippen molar-refractivity contribution in [1.82, 2.24) is 5.32 Å². The Balaban J connectivity index is 2.20. The van der Waals surface area contributed by atoms with Crippen LogP contribution in [0.4, 0.5) is 0 Å². The number of piperidine rings is 1. The smallest absolute Gasteiger partial charge is 0.108 e. The summed E-state index contributed by atoms with van der Waals surface area (Å²) in [7, 11) is 0. The molecule has 0 aliphatic carbocycles. The van der Waals surface area contributed by atoms with Crippen LogP contribution < -0.4 is 5.32 Å². The van der Waals surface area contributed by atoms with Crippen molar-refractivity contribution in [3.05, 3.63) is 0 Å². The third kappa shape index (κ3) is 2.76. The van der Waals surface area contributed by atoms with E-state index in [4.69, 9.17) is 4.74 Å². The number of rotatable bonds is 3. The van der Waals surface area contributed by atoms with Gasteiger partial charge in [0, 0.05) is 13.2 Å². The monoisotopic (exact) mass is 171 g/mol. The highest BCUT2D eigenvalue weighted by Gasteiger charge is 2.22. The quantitative estimate of drug-likeness (QED) is 0.701. The zero-order chi connectivity index (χ0) is 8.97. The minimum atomic E-state index is 0.324. The summed E-state index contributed by atoms with van der Waals surface area (Å²) in [5, 5.41) is 3.43. The fourth-order valence-electron chi connectivity index (χ4n) is 1.76. The van der Waals surface area contributed by atoms with Gasteiger partial charge in [-0.05, 0) is 31.6 Å². The highest BCUT2D eigenvalue weighted by Crippen LogP contribution is 2.21. The topological polar surface area (TPSA) is 21.3 Å². The second-order valence-electron chi connectivity index (χ2n) is 3.93. The predicted octanol–water partition coefficient (Wildman–Crippen LogP) is 2.00. The first-order valence-electron chi connectivity index (χ1n) is 5.09. The Hall–Kier alpha value is -0.0800. The molecule has 0 saturated carbocycles. The van der Waals surface area contributed by atoms with Crippen molar-refractivity contribution < 1.29 is 4.74 Å². The molecule has 0 radical (unpaired) electrons. The fraction of sp³-hybridized carbons (Fsp3) is 1.00. The maximum Gasteiger partial charge on any atom is 0.108 e. The van der Waals surface area contributed by atoms with Crippen LogP contribution in [0.1, 0.15) is 33.6 Å². The Kier molecular flexibility index (Phi) is 4.02. The van der Waals surface area contributed by atoms with Crippen LogP contribution in [0.25, 0.3) is 0 Å².